The second-order valence-electron chi connectivity index (χ2n) is 3.57. The second-order valence-corrected chi connectivity index (χ2v) is 3.57. The summed E-state index contributed by atoms with van der Waals surface area (Å²) in [5.74, 6) is 0.868. The van der Waals surface area contributed by atoms with Crippen LogP contribution in [0.25, 0.3) is 0 Å². The monoisotopic (exact) mass is 217 g/mol. The molecule has 0 saturated carbocycles. The zero-order chi connectivity index (χ0) is 11.4. The van der Waals surface area contributed by atoms with Gasteiger partial charge in [-0.15, -0.1) is 0 Å². The number of hydrogen-bond acceptors (Lipinski definition) is 3. The van der Waals surface area contributed by atoms with E-state index in [1.165, 1.54) is 5.56 Å². The summed E-state index contributed by atoms with van der Waals surface area (Å²) in [6, 6.07) is 7.98. The lowest BCUT2D eigenvalue weighted by molar-refractivity contribution is 0.414. The first-order chi connectivity index (χ1) is 7.83. The van der Waals surface area contributed by atoms with Gasteiger partial charge in [-0.2, -0.15) is 0 Å². The first-order valence-corrected chi connectivity index (χ1v) is 5.15. The third kappa shape index (κ3) is 2.23. The number of methoxy groups -OCH3 is 1. The maximum Gasteiger partial charge on any atom is 0.119 e. The third-order valence-electron chi connectivity index (χ3n) is 2.49. The molecule has 4 nitrogen and oxygen atoms in total. The molecule has 1 aromatic heterocycles. The average molecular weight is 217 g/mol. The van der Waals surface area contributed by atoms with Gasteiger partial charge < -0.3 is 15.0 Å². The highest BCUT2D eigenvalue weighted by atomic mass is 16.5. The lowest BCUT2D eigenvalue weighted by atomic mass is 10.2. The lowest BCUT2D eigenvalue weighted by Crippen LogP contribution is -2.07. The summed E-state index contributed by atoms with van der Waals surface area (Å²) >= 11 is 0. The molecule has 2 aromatic rings. The number of imidazole rings is 1. The molecule has 1 heterocycles. The number of nitrogens with zero attached hydrogens (tertiary/aromatic N) is 2. The van der Waals surface area contributed by atoms with Crippen LogP contribution in [0.4, 0.5) is 0 Å². The molecule has 0 saturated heterocycles. The van der Waals surface area contributed by atoms with E-state index in [0.29, 0.717) is 6.54 Å². The molecule has 0 fully saturated rings. The SMILES string of the molecule is COc1cccc(Cn2cncc2CN)c1. The van der Waals surface area contributed by atoms with Gasteiger partial charge in [-0.25, -0.2) is 4.98 Å². The molecule has 0 aliphatic carbocycles. The first-order valence-electron chi connectivity index (χ1n) is 5.15. The van der Waals surface area contributed by atoms with Gasteiger partial charge in [0.25, 0.3) is 0 Å². The van der Waals surface area contributed by atoms with Gasteiger partial charge in [-0.05, 0) is 17.7 Å². The summed E-state index contributed by atoms with van der Waals surface area (Å²) in [6.45, 7) is 1.27. The number of nitrogens with two attached hydrogens (primary N) is 1. The van der Waals surface area contributed by atoms with Crippen molar-refractivity contribution in [3.63, 3.8) is 0 Å². The smallest absolute Gasteiger partial charge is 0.119 e. The van der Waals surface area contributed by atoms with Gasteiger partial charge in [-0.1, -0.05) is 12.1 Å². The molecule has 0 spiro atoms. The van der Waals surface area contributed by atoms with Crippen LogP contribution in [0.2, 0.25) is 0 Å². The quantitative estimate of drug-likeness (QED) is 0.842. The van der Waals surface area contributed by atoms with Crippen molar-refractivity contribution in [2.75, 3.05) is 7.11 Å². The molecule has 0 aliphatic heterocycles. The Morgan fingerprint density at radius 1 is 1.44 bits per heavy atom. The van der Waals surface area contributed by atoms with Crippen molar-refractivity contribution in [3.8, 4) is 5.75 Å². The molecular weight excluding hydrogens is 202 g/mol. The van der Waals surface area contributed by atoms with Crippen LogP contribution in [-0.2, 0) is 13.1 Å². The molecule has 0 unspecified atom stereocenters. The highest BCUT2D eigenvalue weighted by Gasteiger charge is 2.01. The molecule has 1 aromatic carbocycles. The topological polar surface area (TPSA) is 53.1 Å². The van der Waals surface area contributed by atoms with Crippen LogP contribution in [0.15, 0.2) is 36.8 Å². The second kappa shape index (κ2) is 4.81. The fourth-order valence-electron chi connectivity index (χ4n) is 1.63. The summed E-state index contributed by atoms with van der Waals surface area (Å²) in [5, 5.41) is 0. The average Bonchev–Trinajstić information content (AvgIpc) is 2.76. The lowest BCUT2D eigenvalue weighted by Gasteiger charge is -2.08. The molecule has 4 heteroatoms. The largest absolute Gasteiger partial charge is 0.497 e. The fraction of sp³-hybridized carbons (Fsp3) is 0.250. The van der Waals surface area contributed by atoms with E-state index in [4.69, 9.17) is 10.5 Å². The van der Waals surface area contributed by atoms with Crippen molar-refractivity contribution in [3.05, 3.63) is 48.0 Å². The molecule has 0 bridgehead atoms. The zero-order valence-corrected chi connectivity index (χ0v) is 9.26. The highest BCUT2D eigenvalue weighted by Crippen LogP contribution is 2.14. The van der Waals surface area contributed by atoms with E-state index in [9.17, 15) is 0 Å². The molecule has 16 heavy (non-hydrogen) atoms. The van der Waals surface area contributed by atoms with Gasteiger partial charge in [-0.3, -0.25) is 0 Å². The highest BCUT2D eigenvalue weighted by molar-refractivity contribution is 5.28. The molecule has 0 aliphatic rings. The van der Waals surface area contributed by atoms with Gasteiger partial charge in [0.15, 0.2) is 0 Å². The maximum atomic E-state index is 5.62. The van der Waals surface area contributed by atoms with Crippen molar-refractivity contribution in [2.45, 2.75) is 13.1 Å². The van der Waals surface area contributed by atoms with Gasteiger partial charge >= 0.3 is 0 Å². The minimum absolute atomic E-state index is 0.504. The van der Waals surface area contributed by atoms with Crippen molar-refractivity contribution >= 4 is 0 Å². The van der Waals surface area contributed by atoms with Gasteiger partial charge in [0.05, 0.1) is 19.1 Å². The van der Waals surface area contributed by atoms with Crippen molar-refractivity contribution < 1.29 is 4.74 Å². The van der Waals surface area contributed by atoms with Crippen LogP contribution >= 0.6 is 0 Å². The van der Waals surface area contributed by atoms with Crippen molar-refractivity contribution in [1.82, 2.24) is 9.55 Å². The van der Waals surface area contributed by atoms with Crippen LogP contribution in [0.3, 0.4) is 0 Å². The summed E-state index contributed by atoms with van der Waals surface area (Å²) in [6.07, 6.45) is 3.59. The van der Waals surface area contributed by atoms with Crippen LogP contribution < -0.4 is 10.5 Å². The zero-order valence-electron chi connectivity index (χ0n) is 9.26. The van der Waals surface area contributed by atoms with Gasteiger partial charge in [0, 0.05) is 19.3 Å². The summed E-state index contributed by atoms with van der Waals surface area (Å²) < 4.78 is 7.22. The fourth-order valence-corrected chi connectivity index (χ4v) is 1.63. The van der Waals surface area contributed by atoms with E-state index in [1.807, 2.05) is 22.8 Å². The van der Waals surface area contributed by atoms with Crippen LogP contribution in [-0.4, -0.2) is 16.7 Å². The Hall–Kier alpha value is -1.81. The number of ether oxygens (including phenoxy) is 1. The van der Waals surface area contributed by atoms with E-state index in [1.54, 1.807) is 19.6 Å². The predicted molar refractivity (Wildman–Crippen MR) is 62.2 cm³/mol. The molecule has 2 rings (SSSR count). The van der Waals surface area contributed by atoms with Gasteiger partial charge in [0.1, 0.15) is 5.75 Å². The summed E-state index contributed by atoms with van der Waals surface area (Å²) in [7, 11) is 1.67. The van der Waals surface area contributed by atoms with E-state index < -0.39 is 0 Å². The van der Waals surface area contributed by atoms with Crippen LogP contribution in [0.1, 0.15) is 11.3 Å². The Balaban J connectivity index is 2.20. The summed E-state index contributed by atoms with van der Waals surface area (Å²) in [4.78, 5) is 4.08. The standard InChI is InChI=1S/C12H15N3O/c1-16-12-4-2-3-10(5-12)8-15-9-14-7-11(15)6-13/h2-5,7,9H,6,8,13H2,1H3. The van der Waals surface area contributed by atoms with Crippen LogP contribution in [0, 0.1) is 0 Å². The Morgan fingerprint density at radius 2 is 2.31 bits per heavy atom. The normalized spacial score (nSPS) is 10.4. The van der Waals surface area contributed by atoms with E-state index in [2.05, 4.69) is 11.1 Å². The van der Waals surface area contributed by atoms with E-state index in [-0.39, 0.29) is 0 Å². The molecule has 0 radical (unpaired) electrons. The Bertz CT molecular complexity index is 465. The molecular formula is C12H15N3O. The van der Waals surface area contributed by atoms with Gasteiger partial charge in [0.2, 0.25) is 0 Å². The third-order valence-corrected chi connectivity index (χ3v) is 2.49. The number of benzene rings is 1. The molecule has 0 amide bonds. The van der Waals surface area contributed by atoms with E-state index in [0.717, 1.165) is 18.0 Å². The summed E-state index contributed by atoms with van der Waals surface area (Å²) in [5.41, 5.74) is 7.82. The Kier molecular flexibility index (Phi) is 3.22. The maximum absolute atomic E-state index is 5.62. The molecule has 2 N–H and O–H groups in total. The molecule has 0 atom stereocenters. The van der Waals surface area contributed by atoms with Crippen LogP contribution in [0.5, 0.6) is 5.75 Å². The van der Waals surface area contributed by atoms with Crippen molar-refractivity contribution in [2.24, 2.45) is 5.73 Å². The number of aromatic nitrogens is 2. The van der Waals surface area contributed by atoms with E-state index >= 15 is 0 Å². The number of rotatable bonds is 4. The Morgan fingerprint density at radius 3 is 3.06 bits per heavy atom. The minimum Gasteiger partial charge on any atom is -0.497 e. The molecule has 84 valence electrons. The predicted octanol–water partition coefficient (Wildman–Crippen LogP) is 1.40. The van der Waals surface area contributed by atoms with Crippen molar-refractivity contribution in [1.29, 1.82) is 0 Å². The number of hydrogen-bond donors (Lipinski definition) is 1. The Labute approximate surface area is 94.7 Å². The minimum atomic E-state index is 0.504. The first kappa shape index (κ1) is 10.7.